The van der Waals surface area contributed by atoms with Gasteiger partial charge in [-0.1, -0.05) is 158 Å². The summed E-state index contributed by atoms with van der Waals surface area (Å²) in [4.78, 5) is 15.5. The topological polar surface area (TPSA) is 52.8 Å². The molecule has 0 fully saturated rings. The van der Waals surface area contributed by atoms with E-state index in [-0.39, 0.29) is 0 Å². The third kappa shape index (κ3) is 4.60. The van der Waals surface area contributed by atoms with Gasteiger partial charge < -0.3 is 4.74 Å². The number of rotatable bonds is 4. The number of hydrogen-bond donors (Lipinski definition) is 0. The van der Waals surface area contributed by atoms with Gasteiger partial charge in [-0.15, -0.1) is 0 Å². The number of fused-ring (bicyclic) bond motifs is 12. The quantitative estimate of drug-likeness (QED) is 0.181. The van der Waals surface area contributed by atoms with Crippen LogP contribution < -0.4 is 4.74 Å². The van der Waals surface area contributed by atoms with Gasteiger partial charge in [-0.05, 0) is 69.8 Å². The summed E-state index contributed by atoms with van der Waals surface area (Å²) in [5.74, 6) is 3.53. The van der Waals surface area contributed by atoms with Gasteiger partial charge in [-0.3, -0.25) is 4.57 Å². The minimum absolute atomic E-state index is 0.567. The SMILES string of the molecule is c1ccc(-c2ccc3c(c2)C2(c4ccccc4O3)c3ccccc3-c3cc4c5ccccc5n(-c5nc(-c6ccccc6)nc(-c6ccccc6)n5)c4cc32)cc1. The van der Waals surface area contributed by atoms with Gasteiger partial charge in [0.05, 0.1) is 16.4 Å². The van der Waals surface area contributed by atoms with Crippen LogP contribution >= 0.6 is 0 Å². The maximum Gasteiger partial charge on any atom is 0.238 e. The van der Waals surface area contributed by atoms with E-state index in [1.165, 1.54) is 22.3 Å². The second-order valence-electron chi connectivity index (χ2n) is 14.8. The molecule has 1 unspecified atom stereocenters. The molecule has 1 atom stereocenters. The fourth-order valence-electron chi connectivity index (χ4n) is 9.28. The van der Waals surface area contributed by atoms with Gasteiger partial charge in [0.15, 0.2) is 11.6 Å². The van der Waals surface area contributed by atoms with Crippen LogP contribution in [-0.4, -0.2) is 19.5 Å². The molecule has 0 bridgehead atoms. The molecule has 0 saturated carbocycles. The van der Waals surface area contributed by atoms with E-state index >= 15 is 0 Å². The van der Waals surface area contributed by atoms with E-state index in [9.17, 15) is 0 Å². The van der Waals surface area contributed by atoms with Gasteiger partial charge in [0, 0.05) is 33.0 Å². The van der Waals surface area contributed by atoms with Crippen molar-refractivity contribution in [2.24, 2.45) is 0 Å². The van der Waals surface area contributed by atoms with Crippen molar-refractivity contribution in [1.82, 2.24) is 19.5 Å². The van der Waals surface area contributed by atoms with Crippen LogP contribution in [0.4, 0.5) is 0 Å². The first-order valence-electron chi connectivity index (χ1n) is 19.3. The van der Waals surface area contributed by atoms with Crippen LogP contribution in [0.3, 0.4) is 0 Å². The van der Waals surface area contributed by atoms with Gasteiger partial charge in [-0.2, -0.15) is 9.97 Å². The summed E-state index contributed by atoms with van der Waals surface area (Å²) in [5.41, 5.74) is 12.7. The lowest BCUT2D eigenvalue weighted by Crippen LogP contribution is -2.32. The first kappa shape index (κ1) is 31.7. The Morgan fingerprint density at radius 2 is 0.965 bits per heavy atom. The largest absolute Gasteiger partial charge is 0.457 e. The Bertz CT molecular complexity index is 3150. The lowest BCUT2D eigenvalue weighted by molar-refractivity contribution is 0.436. The van der Waals surface area contributed by atoms with Crippen LogP contribution in [0.25, 0.3) is 72.8 Å². The molecule has 5 heteroatoms. The first-order valence-corrected chi connectivity index (χ1v) is 19.3. The van der Waals surface area contributed by atoms with Crippen molar-refractivity contribution in [3.8, 4) is 62.5 Å². The van der Waals surface area contributed by atoms with E-state index in [0.717, 1.165) is 66.7 Å². The van der Waals surface area contributed by atoms with Crippen LogP contribution in [0, 0.1) is 0 Å². The van der Waals surface area contributed by atoms with E-state index in [4.69, 9.17) is 19.7 Å². The molecule has 2 aromatic heterocycles. The third-order valence-corrected chi connectivity index (χ3v) is 11.7. The Morgan fingerprint density at radius 3 is 1.70 bits per heavy atom. The van der Waals surface area contributed by atoms with Gasteiger partial charge in [0.1, 0.15) is 11.5 Å². The van der Waals surface area contributed by atoms with E-state index in [1.807, 2.05) is 36.4 Å². The molecule has 266 valence electrons. The van der Waals surface area contributed by atoms with Crippen LogP contribution in [0.5, 0.6) is 11.5 Å². The van der Waals surface area contributed by atoms with Gasteiger partial charge in [-0.25, -0.2) is 4.98 Å². The standard InChI is InChI=1S/C52H32N4O/c1-4-16-33(17-5-1)36-28-29-48-44(30-36)52(42-25-13-15-27-47(42)57-48)41-24-12-10-22-37(41)39-31-40-38-23-11-14-26-45(38)56(46(40)32-43(39)52)51-54-49(34-18-6-2-7-19-34)53-50(55-51)35-20-8-3-9-21-35/h1-32H. The zero-order valence-corrected chi connectivity index (χ0v) is 30.7. The first-order chi connectivity index (χ1) is 28.3. The van der Waals surface area contributed by atoms with Crippen LogP contribution in [0.2, 0.25) is 0 Å². The maximum absolute atomic E-state index is 6.79. The van der Waals surface area contributed by atoms with Gasteiger partial charge >= 0.3 is 0 Å². The molecule has 2 aliphatic rings. The van der Waals surface area contributed by atoms with Crippen molar-refractivity contribution >= 4 is 21.8 Å². The predicted molar refractivity (Wildman–Crippen MR) is 228 cm³/mol. The number of ether oxygens (including phenoxy) is 1. The molecule has 1 aliphatic heterocycles. The van der Waals surface area contributed by atoms with Crippen molar-refractivity contribution in [3.05, 3.63) is 216 Å². The Balaban J connectivity index is 1.20. The summed E-state index contributed by atoms with van der Waals surface area (Å²) in [6.07, 6.45) is 0. The van der Waals surface area contributed by atoms with E-state index in [0.29, 0.717) is 17.6 Å². The van der Waals surface area contributed by atoms with Crippen molar-refractivity contribution in [2.75, 3.05) is 0 Å². The zero-order chi connectivity index (χ0) is 37.5. The van der Waals surface area contributed by atoms with E-state index in [2.05, 4.69) is 162 Å². The summed E-state index contributed by atoms with van der Waals surface area (Å²) >= 11 is 0. The molecule has 5 nitrogen and oxygen atoms in total. The highest BCUT2D eigenvalue weighted by Gasteiger charge is 2.51. The lowest BCUT2D eigenvalue weighted by Gasteiger charge is -2.39. The average molecular weight is 729 g/mol. The summed E-state index contributed by atoms with van der Waals surface area (Å²) in [6, 6.07) is 68.4. The number of nitrogens with zero attached hydrogens (tertiary/aromatic N) is 4. The number of para-hydroxylation sites is 2. The summed E-state index contributed by atoms with van der Waals surface area (Å²) in [6.45, 7) is 0. The number of aromatic nitrogens is 4. The van der Waals surface area contributed by atoms with E-state index < -0.39 is 5.41 Å². The zero-order valence-electron chi connectivity index (χ0n) is 30.7. The summed E-state index contributed by atoms with van der Waals surface area (Å²) in [7, 11) is 0. The van der Waals surface area contributed by atoms with Gasteiger partial charge in [0.25, 0.3) is 0 Å². The minimum atomic E-state index is -0.667. The van der Waals surface area contributed by atoms with Crippen molar-refractivity contribution in [1.29, 1.82) is 0 Å². The molecule has 0 amide bonds. The molecule has 57 heavy (non-hydrogen) atoms. The second kappa shape index (κ2) is 12.2. The third-order valence-electron chi connectivity index (χ3n) is 11.7. The normalized spacial score (nSPS) is 14.9. The number of hydrogen-bond acceptors (Lipinski definition) is 4. The Kier molecular flexibility index (Phi) is 6.78. The molecule has 8 aromatic carbocycles. The molecule has 0 N–H and O–H groups in total. The average Bonchev–Trinajstić information content (AvgIpc) is 3.76. The molecule has 0 radical (unpaired) electrons. The summed E-state index contributed by atoms with van der Waals surface area (Å²) in [5, 5.41) is 2.27. The van der Waals surface area contributed by atoms with E-state index in [1.54, 1.807) is 0 Å². The predicted octanol–water partition coefficient (Wildman–Crippen LogP) is 12.4. The monoisotopic (exact) mass is 728 g/mol. The van der Waals surface area contributed by atoms with Crippen molar-refractivity contribution in [2.45, 2.75) is 5.41 Å². The minimum Gasteiger partial charge on any atom is -0.457 e. The molecular formula is C52H32N4O. The maximum atomic E-state index is 6.79. The Labute approximate surface area is 329 Å². The Hall–Kier alpha value is -7.63. The fourth-order valence-corrected chi connectivity index (χ4v) is 9.28. The molecule has 12 rings (SSSR count). The highest BCUT2D eigenvalue weighted by Crippen LogP contribution is 2.63. The highest BCUT2D eigenvalue weighted by atomic mass is 16.5. The van der Waals surface area contributed by atoms with Crippen molar-refractivity contribution < 1.29 is 4.74 Å². The Morgan fingerprint density at radius 1 is 0.368 bits per heavy atom. The number of benzene rings is 8. The molecule has 10 aromatic rings. The van der Waals surface area contributed by atoms with Crippen LogP contribution in [-0.2, 0) is 5.41 Å². The van der Waals surface area contributed by atoms with Crippen LogP contribution in [0.15, 0.2) is 194 Å². The van der Waals surface area contributed by atoms with Gasteiger partial charge in [0.2, 0.25) is 5.95 Å². The molecule has 1 spiro atoms. The highest BCUT2D eigenvalue weighted by molar-refractivity contribution is 6.12. The lowest BCUT2D eigenvalue weighted by atomic mass is 9.65. The van der Waals surface area contributed by atoms with Crippen molar-refractivity contribution in [3.63, 3.8) is 0 Å². The second-order valence-corrected chi connectivity index (χ2v) is 14.8. The molecule has 3 heterocycles. The fraction of sp³-hybridized carbons (Fsp3) is 0.0192. The smallest absolute Gasteiger partial charge is 0.238 e. The summed E-state index contributed by atoms with van der Waals surface area (Å²) < 4.78 is 9.02. The molecule has 1 aliphatic carbocycles. The molecular weight excluding hydrogens is 697 g/mol. The molecule has 0 saturated heterocycles. The van der Waals surface area contributed by atoms with Crippen LogP contribution in [0.1, 0.15) is 22.3 Å².